The highest BCUT2D eigenvalue weighted by Crippen LogP contribution is 2.25. The largest absolute Gasteiger partial charge is 0.310 e. The van der Waals surface area contributed by atoms with Crippen molar-refractivity contribution in [2.24, 2.45) is 0 Å². The van der Waals surface area contributed by atoms with Crippen LogP contribution in [-0.2, 0) is 0 Å². The fraction of sp³-hybridized carbons (Fsp3) is 0.467. The molecule has 0 aliphatic carbocycles. The van der Waals surface area contributed by atoms with Crippen LogP contribution in [0.5, 0.6) is 0 Å². The summed E-state index contributed by atoms with van der Waals surface area (Å²) in [6.45, 7) is 2.66. The van der Waals surface area contributed by atoms with Crippen LogP contribution in [0.15, 0.2) is 12.1 Å². The van der Waals surface area contributed by atoms with Gasteiger partial charge in [-0.25, -0.2) is 13.2 Å². The van der Waals surface area contributed by atoms with E-state index in [1.54, 1.807) is 0 Å². The Morgan fingerprint density at radius 3 is 2.63 bits per heavy atom. The molecule has 0 saturated heterocycles. The van der Waals surface area contributed by atoms with E-state index in [1.807, 2.05) is 6.92 Å². The average Bonchev–Trinajstić information content (AvgIpc) is 2.41. The molecule has 0 bridgehead atoms. The predicted molar refractivity (Wildman–Crippen MR) is 70.0 cm³/mol. The first kappa shape index (κ1) is 15.6. The average molecular weight is 269 g/mol. The SMILES string of the molecule is C#CCCCC(NCCC)c1ccc(F)c(F)c1F. The molecule has 4 heteroatoms. The Morgan fingerprint density at radius 1 is 1.26 bits per heavy atom. The molecular weight excluding hydrogens is 251 g/mol. The summed E-state index contributed by atoms with van der Waals surface area (Å²) < 4.78 is 39.9. The summed E-state index contributed by atoms with van der Waals surface area (Å²) in [7, 11) is 0. The van der Waals surface area contributed by atoms with Crippen LogP contribution in [-0.4, -0.2) is 6.54 Å². The van der Waals surface area contributed by atoms with Crippen LogP contribution in [0.2, 0.25) is 0 Å². The zero-order chi connectivity index (χ0) is 14.3. The van der Waals surface area contributed by atoms with Crippen molar-refractivity contribution in [2.75, 3.05) is 6.54 Å². The molecule has 104 valence electrons. The van der Waals surface area contributed by atoms with Crippen molar-refractivity contribution in [1.82, 2.24) is 5.32 Å². The summed E-state index contributed by atoms with van der Waals surface area (Å²) in [6, 6.07) is 1.90. The number of rotatable bonds is 7. The van der Waals surface area contributed by atoms with E-state index in [0.29, 0.717) is 25.8 Å². The lowest BCUT2D eigenvalue weighted by atomic mass is 10.00. The van der Waals surface area contributed by atoms with Crippen LogP contribution in [0.25, 0.3) is 0 Å². The van der Waals surface area contributed by atoms with Gasteiger partial charge >= 0.3 is 0 Å². The van der Waals surface area contributed by atoms with Gasteiger partial charge in [-0.1, -0.05) is 13.0 Å². The highest BCUT2D eigenvalue weighted by molar-refractivity contribution is 5.23. The third-order valence-corrected chi connectivity index (χ3v) is 2.90. The number of unbranched alkanes of at least 4 members (excludes halogenated alkanes) is 1. The topological polar surface area (TPSA) is 12.0 Å². The summed E-state index contributed by atoms with van der Waals surface area (Å²) in [4.78, 5) is 0. The van der Waals surface area contributed by atoms with Gasteiger partial charge in [0.25, 0.3) is 0 Å². The molecule has 1 aromatic carbocycles. The maximum absolute atomic E-state index is 13.8. The van der Waals surface area contributed by atoms with Crippen LogP contribution in [0, 0.1) is 29.8 Å². The fourth-order valence-electron chi connectivity index (χ4n) is 1.90. The minimum Gasteiger partial charge on any atom is -0.310 e. The lowest BCUT2D eigenvalue weighted by Crippen LogP contribution is -2.23. The smallest absolute Gasteiger partial charge is 0.194 e. The lowest BCUT2D eigenvalue weighted by molar-refractivity contribution is 0.414. The molecule has 1 unspecified atom stereocenters. The third-order valence-electron chi connectivity index (χ3n) is 2.90. The van der Waals surface area contributed by atoms with E-state index in [9.17, 15) is 13.2 Å². The van der Waals surface area contributed by atoms with Gasteiger partial charge in [-0.2, -0.15) is 0 Å². The van der Waals surface area contributed by atoms with Crippen molar-refractivity contribution in [3.8, 4) is 12.3 Å². The molecule has 0 radical (unpaired) electrons. The lowest BCUT2D eigenvalue weighted by Gasteiger charge is -2.19. The van der Waals surface area contributed by atoms with Gasteiger partial charge in [0.15, 0.2) is 17.5 Å². The molecule has 1 atom stereocenters. The van der Waals surface area contributed by atoms with Crippen molar-refractivity contribution < 1.29 is 13.2 Å². The summed E-state index contributed by atoms with van der Waals surface area (Å²) in [5.74, 6) is -1.19. The van der Waals surface area contributed by atoms with Gasteiger partial charge < -0.3 is 5.32 Å². The second kappa shape index (κ2) is 7.85. The number of benzene rings is 1. The van der Waals surface area contributed by atoms with Gasteiger partial charge in [-0.15, -0.1) is 12.3 Å². The molecule has 0 aliphatic rings. The molecule has 1 N–H and O–H groups in total. The molecule has 1 aromatic rings. The molecule has 0 saturated carbocycles. The quantitative estimate of drug-likeness (QED) is 0.449. The van der Waals surface area contributed by atoms with Crippen molar-refractivity contribution in [1.29, 1.82) is 0 Å². The summed E-state index contributed by atoms with van der Waals surface area (Å²) >= 11 is 0. The number of nitrogens with one attached hydrogen (secondary N) is 1. The monoisotopic (exact) mass is 269 g/mol. The van der Waals surface area contributed by atoms with Crippen molar-refractivity contribution in [3.05, 3.63) is 35.1 Å². The standard InChI is InChI=1S/C15H18F3N/c1-3-5-6-7-13(19-10-4-2)11-8-9-12(16)15(18)14(11)17/h1,8-9,13,19H,4-7,10H2,2H3. The van der Waals surface area contributed by atoms with Crippen LogP contribution >= 0.6 is 0 Å². The Balaban J connectivity index is 2.90. The number of hydrogen-bond donors (Lipinski definition) is 1. The Kier molecular flexibility index (Phi) is 6.44. The van der Waals surface area contributed by atoms with Crippen molar-refractivity contribution in [2.45, 2.75) is 38.6 Å². The van der Waals surface area contributed by atoms with Gasteiger partial charge in [-0.05, 0) is 31.9 Å². The van der Waals surface area contributed by atoms with Crippen LogP contribution in [0.4, 0.5) is 13.2 Å². The molecule has 0 amide bonds. The molecule has 1 nitrogen and oxygen atoms in total. The fourth-order valence-corrected chi connectivity index (χ4v) is 1.90. The first-order valence-electron chi connectivity index (χ1n) is 6.42. The first-order valence-corrected chi connectivity index (χ1v) is 6.42. The Labute approximate surface area is 112 Å². The van der Waals surface area contributed by atoms with Crippen LogP contribution in [0.1, 0.15) is 44.2 Å². The number of halogens is 3. The second-order valence-corrected chi connectivity index (χ2v) is 4.37. The zero-order valence-corrected chi connectivity index (χ0v) is 11.0. The van der Waals surface area contributed by atoms with E-state index in [4.69, 9.17) is 6.42 Å². The molecular formula is C15H18F3N. The maximum Gasteiger partial charge on any atom is 0.194 e. The summed E-state index contributed by atoms with van der Waals surface area (Å²) in [5.41, 5.74) is 0.157. The highest BCUT2D eigenvalue weighted by atomic mass is 19.2. The Bertz CT molecular complexity index is 451. The van der Waals surface area contributed by atoms with Gasteiger partial charge in [0.1, 0.15) is 0 Å². The van der Waals surface area contributed by atoms with E-state index in [2.05, 4.69) is 11.2 Å². The van der Waals surface area contributed by atoms with Crippen LogP contribution < -0.4 is 5.32 Å². The molecule has 1 rings (SSSR count). The van der Waals surface area contributed by atoms with E-state index in [0.717, 1.165) is 12.5 Å². The third kappa shape index (κ3) is 4.29. The minimum absolute atomic E-state index is 0.157. The molecule has 0 heterocycles. The number of terminal acetylenes is 1. The van der Waals surface area contributed by atoms with Gasteiger partial charge in [-0.3, -0.25) is 0 Å². The maximum atomic E-state index is 13.8. The number of hydrogen-bond acceptors (Lipinski definition) is 1. The Hall–Kier alpha value is -1.47. The predicted octanol–water partition coefficient (Wildman–Crippen LogP) is 3.95. The first-order chi connectivity index (χ1) is 9.11. The van der Waals surface area contributed by atoms with E-state index < -0.39 is 17.5 Å². The molecule has 0 aliphatic heterocycles. The molecule has 0 fully saturated rings. The molecule has 0 aromatic heterocycles. The van der Waals surface area contributed by atoms with Crippen molar-refractivity contribution >= 4 is 0 Å². The van der Waals surface area contributed by atoms with Crippen LogP contribution in [0.3, 0.4) is 0 Å². The van der Waals surface area contributed by atoms with Crippen molar-refractivity contribution in [3.63, 3.8) is 0 Å². The minimum atomic E-state index is -1.42. The van der Waals surface area contributed by atoms with E-state index in [-0.39, 0.29) is 11.6 Å². The Morgan fingerprint density at radius 2 is 2.00 bits per heavy atom. The summed E-state index contributed by atoms with van der Waals surface area (Å²) in [6.07, 6.45) is 7.92. The van der Waals surface area contributed by atoms with Gasteiger partial charge in [0, 0.05) is 18.0 Å². The summed E-state index contributed by atoms with van der Waals surface area (Å²) in [5, 5.41) is 3.13. The van der Waals surface area contributed by atoms with E-state index >= 15 is 0 Å². The highest BCUT2D eigenvalue weighted by Gasteiger charge is 2.20. The normalized spacial score (nSPS) is 12.2. The molecule has 19 heavy (non-hydrogen) atoms. The van der Waals surface area contributed by atoms with Gasteiger partial charge in [0.05, 0.1) is 0 Å². The second-order valence-electron chi connectivity index (χ2n) is 4.37. The zero-order valence-electron chi connectivity index (χ0n) is 11.0. The van der Waals surface area contributed by atoms with Gasteiger partial charge in [0.2, 0.25) is 0 Å². The molecule has 0 spiro atoms. The van der Waals surface area contributed by atoms with E-state index in [1.165, 1.54) is 6.07 Å².